The van der Waals surface area contributed by atoms with E-state index in [1.54, 1.807) is 17.4 Å². The van der Waals surface area contributed by atoms with Crippen molar-refractivity contribution >= 4 is 23.2 Å². The van der Waals surface area contributed by atoms with Gasteiger partial charge in [0.25, 0.3) is 0 Å². The van der Waals surface area contributed by atoms with Crippen LogP contribution in [0.2, 0.25) is 0 Å². The van der Waals surface area contributed by atoms with Crippen molar-refractivity contribution in [3.63, 3.8) is 0 Å². The summed E-state index contributed by atoms with van der Waals surface area (Å²) in [4.78, 5) is 24.3. The number of nitrogens with zero attached hydrogens (tertiary/aromatic N) is 1. The van der Waals surface area contributed by atoms with E-state index in [9.17, 15) is 9.59 Å². The zero-order chi connectivity index (χ0) is 13.0. The van der Waals surface area contributed by atoms with Crippen molar-refractivity contribution in [1.29, 1.82) is 5.26 Å². The highest BCUT2D eigenvalue weighted by Gasteiger charge is 2.24. The molecule has 2 rings (SSSR count). The molecular formula is C12H13N3O2S. The van der Waals surface area contributed by atoms with Gasteiger partial charge in [-0.2, -0.15) is 5.26 Å². The second-order valence-electron chi connectivity index (χ2n) is 4.06. The second-order valence-corrected chi connectivity index (χ2v) is 5.06. The van der Waals surface area contributed by atoms with E-state index in [4.69, 9.17) is 5.26 Å². The molecule has 0 aromatic carbocycles. The van der Waals surface area contributed by atoms with E-state index in [0.29, 0.717) is 0 Å². The lowest BCUT2D eigenvalue weighted by Gasteiger charge is -2.23. The Kier molecular flexibility index (Phi) is 3.95. The first-order valence-corrected chi connectivity index (χ1v) is 6.62. The van der Waals surface area contributed by atoms with Crippen LogP contribution in [0, 0.1) is 11.3 Å². The third-order valence-electron chi connectivity index (χ3n) is 2.89. The molecule has 1 unspecified atom stereocenters. The van der Waals surface area contributed by atoms with Gasteiger partial charge in [-0.05, 0) is 36.3 Å². The molecular weight excluding hydrogens is 250 g/mol. The van der Waals surface area contributed by atoms with Gasteiger partial charge in [-0.3, -0.25) is 9.59 Å². The summed E-state index contributed by atoms with van der Waals surface area (Å²) in [6.07, 6.45) is 2.90. The van der Waals surface area contributed by atoms with Crippen molar-refractivity contribution in [2.24, 2.45) is 0 Å². The molecule has 5 nitrogen and oxygen atoms in total. The minimum absolute atomic E-state index is 0.0830. The molecule has 0 fully saturated rings. The van der Waals surface area contributed by atoms with Crippen molar-refractivity contribution in [3.8, 4) is 6.07 Å². The third kappa shape index (κ3) is 2.68. The molecule has 0 bridgehead atoms. The van der Waals surface area contributed by atoms with Gasteiger partial charge in [0.1, 0.15) is 6.54 Å². The smallest absolute Gasteiger partial charge is 0.310 e. The van der Waals surface area contributed by atoms with Crippen molar-refractivity contribution in [2.45, 2.75) is 25.3 Å². The lowest BCUT2D eigenvalue weighted by molar-refractivity contribution is -0.139. The van der Waals surface area contributed by atoms with Gasteiger partial charge >= 0.3 is 11.8 Å². The Balaban J connectivity index is 1.97. The molecule has 2 N–H and O–H groups in total. The second kappa shape index (κ2) is 5.65. The number of hydrogen-bond acceptors (Lipinski definition) is 4. The van der Waals surface area contributed by atoms with Gasteiger partial charge in [0.15, 0.2) is 0 Å². The molecule has 1 aromatic heterocycles. The number of nitrogens with one attached hydrogen (secondary N) is 2. The fraction of sp³-hybridized carbons (Fsp3) is 0.417. The Morgan fingerprint density at radius 2 is 2.33 bits per heavy atom. The van der Waals surface area contributed by atoms with E-state index in [0.717, 1.165) is 24.8 Å². The summed E-state index contributed by atoms with van der Waals surface area (Å²) in [6.45, 7) is -0.152. The number of hydrogen-bond donors (Lipinski definition) is 2. The van der Waals surface area contributed by atoms with Crippen molar-refractivity contribution < 1.29 is 9.59 Å². The highest BCUT2D eigenvalue weighted by molar-refractivity contribution is 7.10. The van der Waals surface area contributed by atoms with E-state index in [1.165, 1.54) is 4.88 Å². The summed E-state index contributed by atoms with van der Waals surface area (Å²) >= 11 is 1.68. The summed E-state index contributed by atoms with van der Waals surface area (Å²) in [6, 6.07) is 3.67. The van der Waals surface area contributed by atoms with Gasteiger partial charge in [0.2, 0.25) is 0 Å². The Labute approximate surface area is 109 Å². The maximum Gasteiger partial charge on any atom is 0.310 e. The molecule has 0 radical (unpaired) electrons. The molecule has 0 aliphatic heterocycles. The SMILES string of the molecule is N#CCNC(=O)C(=O)NC1CCCc2sccc21. The van der Waals surface area contributed by atoms with E-state index in [2.05, 4.69) is 10.6 Å². The molecule has 1 aromatic rings. The molecule has 1 atom stereocenters. The van der Waals surface area contributed by atoms with Crippen LogP contribution in [0.1, 0.15) is 29.3 Å². The number of thiophene rings is 1. The fourth-order valence-corrected chi connectivity index (χ4v) is 3.05. The van der Waals surface area contributed by atoms with Crippen molar-refractivity contribution in [2.75, 3.05) is 6.54 Å². The molecule has 94 valence electrons. The zero-order valence-electron chi connectivity index (χ0n) is 9.73. The topological polar surface area (TPSA) is 82.0 Å². The van der Waals surface area contributed by atoms with Crippen molar-refractivity contribution in [1.82, 2.24) is 10.6 Å². The standard InChI is InChI=1S/C12H13N3O2S/c13-5-6-14-11(16)12(17)15-9-2-1-3-10-8(9)4-7-18-10/h4,7,9H,1-3,6H2,(H,14,16)(H,15,17). The first kappa shape index (κ1) is 12.6. The van der Waals surface area contributed by atoms with Crippen LogP contribution >= 0.6 is 11.3 Å². The minimum Gasteiger partial charge on any atom is -0.341 e. The highest BCUT2D eigenvalue weighted by Crippen LogP contribution is 2.33. The van der Waals surface area contributed by atoms with Gasteiger partial charge < -0.3 is 10.6 Å². The number of carbonyl (C=O) groups is 2. The Morgan fingerprint density at radius 1 is 1.50 bits per heavy atom. The first-order chi connectivity index (χ1) is 8.72. The third-order valence-corrected chi connectivity index (χ3v) is 3.89. The van der Waals surface area contributed by atoms with E-state index < -0.39 is 11.8 Å². The van der Waals surface area contributed by atoms with Crippen LogP contribution in [0.25, 0.3) is 0 Å². The Bertz CT molecular complexity index is 504. The maximum atomic E-state index is 11.6. The summed E-state index contributed by atoms with van der Waals surface area (Å²) in [5, 5.41) is 15.3. The highest BCUT2D eigenvalue weighted by atomic mass is 32.1. The molecule has 1 aliphatic rings. The quantitative estimate of drug-likeness (QED) is 0.614. The Morgan fingerprint density at radius 3 is 3.11 bits per heavy atom. The summed E-state index contributed by atoms with van der Waals surface area (Å²) in [5.41, 5.74) is 1.12. The van der Waals surface area contributed by atoms with Gasteiger partial charge in [-0.15, -0.1) is 11.3 Å². The predicted molar refractivity (Wildman–Crippen MR) is 66.8 cm³/mol. The lowest BCUT2D eigenvalue weighted by atomic mass is 9.94. The number of fused-ring (bicyclic) bond motifs is 1. The van der Waals surface area contributed by atoms with Crippen LogP contribution in [0.15, 0.2) is 11.4 Å². The van der Waals surface area contributed by atoms with Crippen LogP contribution in [0.4, 0.5) is 0 Å². The summed E-state index contributed by atoms with van der Waals surface area (Å²) < 4.78 is 0. The first-order valence-electron chi connectivity index (χ1n) is 5.74. The fourth-order valence-electron chi connectivity index (χ4n) is 2.06. The number of nitriles is 1. The average Bonchev–Trinajstić information content (AvgIpc) is 2.85. The van der Waals surface area contributed by atoms with Crippen LogP contribution in [-0.2, 0) is 16.0 Å². The van der Waals surface area contributed by atoms with Gasteiger partial charge in [-0.1, -0.05) is 0 Å². The van der Waals surface area contributed by atoms with Crippen LogP contribution in [0.3, 0.4) is 0 Å². The van der Waals surface area contributed by atoms with Crippen LogP contribution in [0.5, 0.6) is 0 Å². The normalized spacial score (nSPS) is 17.4. The van der Waals surface area contributed by atoms with E-state index >= 15 is 0 Å². The van der Waals surface area contributed by atoms with E-state index in [-0.39, 0.29) is 12.6 Å². The molecule has 18 heavy (non-hydrogen) atoms. The molecule has 0 saturated heterocycles. The number of rotatable bonds is 2. The van der Waals surface area contributed by atoms with E-state index in [1.807, 2.05) is 11.4 Å². The maximum absolute atomic E-state index is 11.6. The number of amides is 2. The largest absolute Gasteiger partial charge is 0.341 e. The zero-order valence-corrected chi connectivity index (χ0v) is 10.5. The van der Waals surface area contributed by atoms with Gasteiger partial charge in [0.05, 0.1) is 12.1 Å². The lowest BCUT2D eigenvalue weighted by Crippen LogP contribution is -2.42. The average molecular weight is 263 g/mol. The molecule has 0 saturated carbocycles. The van der Waals surface area contributed by atoms with Crippen LogP contribution < -0.4 is 10.6 Å². The minimum atomic E-state index is -0.751. The molecule has 0 spiro atoms. The van der Waals surface area contributed by atoms with Crippen molar-refractivity contribution in [3.05, 3.63) is 21.9 Å². The number of carbonyl (C=O) groups excluding carboxylic acids is 2. The number of aryl methyl sites for hydroxylation is 1. The van der Waals surface area contributed by atoms with Gasteiger partial charge in [0, 0.05) is 4.88 Å². The summed E-state index contributed by atoms with van der Waals surface area (Å²) in [5.74, 6) is -1.42. The monoisotopic (exact) mass is 263 g/mol. The Hall–Kier alpha value is -1.87. The van der Waals surface area contributed by atoms with Crippen LogP contribution in [-0.4, -0.2) is 18.4 Å². The molecule has 1 heterocycles. The summed E-state index contributed by atoms with van der Waals surface area (Å²) in [7, 11) is 0. The molecule has 2 amide bonds. The van der Waals surface area contributed by atoms with Gasteiger partial charge in [-0.25, -0.2) is 0 Å². The molecule has 6 heteroatoms. The molecule has 1 aliphatic carbocycles. The predicted octanol–water partition coefficient (Wildman–Crippen LogP) is 0.881.